The molecule has 0 spiro atoms. The third kappa shape index (κ3) is 2.51. The first-order chi connectivity index (χ1) is 10.8. The molecule has 1 N–H and O–H groups in total. The van der Waals surface area contributed by atoms with Crippen LogP contribution in [0.4, 0.5) is 0 Å². The van der Waals surface area contributed by atoms with E-state index in [1.807, 2.05) is 47.0 Å². The second-order valence-electron chi connectivity index (χ2n) is 4.96. The van der Waals surface area contributed by atoms with Crippen LogP contribution in [0.1, 0.15) is 17.0 Å². The molecule has 3 aromatic rings. The zero-order chi connectivity index (χ0) is 15.5. The lowest BCUT2D eigenvalue weighted by atomic mass is 10.1. The van der Waals surface area contributed by atoms with Crippen molar-refractivity contribution in [2.45, 2.75) is 13.0 Å². The van der Waals surface area contributed by atoms with Gasteiger partial charge in [-0.3, -0.25) is 0 Å². The molecule has 0 aliphatic rings. The average Bonchev–Trinajstić information content (AvgIpc) is 2.91. The summed E-state index contributed by atoms with van der Waals surface area (Å²) in [5, 5.41) is 9.66. The van der Waals surface area contributed by atoms with Crippen LogP contribution >= 0.6 is 0 Å². The minimum absolute atomic E-state index is 0.0478. The number of aliphatic hydroxyl groups is 1. The van der Waals surface area contributed by atoms with E-state index in [9.17, 15) is 5.11 Å². The number of methoxy groups -OCH3 is 2. The quantitative estimate of drug-likeness (QED) is 0.786. The predicted octanol–water partition coefficient (Wildman–Crippen LogP) is 2.43. The number of aliphatic hydroxyl groups excluding tert-OH is 1. The summed E-state index contributed by atoms with van der Waals surface area (Å²) in [6, 6.07) is 11.6. The number of imidazole rings is 1. The van der Waals surface area contributed by atoms with Crippen molar-refractivity contribution in [3.8, 4) is 11.5 Å². The zero-order valence-electron chi connectivity index (χ0n) is 12.6. The lowest BCUT2D eigenvalue weighted by Gasteiger charge is -2.09. The van der Waals surface area contributed by atoms with Crippen molar-refractivity contribution in [1.29, 1.82) is 0 Å². The Balaban J connectivity index is 1.99. The molecule has 1 aromatic carbocycles. The number of aromatic nitrogens is 2. The van der Waals surface area contributed by atoms with Gasteiger partial charge in [-0.1, -0.05) is 12.1 Å². The first kappa shape index (κ1) is 14.4. The molecule has 5 heteroatoms. The molecule has 0 amide bonds. The maximum absolute atomic E-state index is 9.66. The summed E-state index contributed by atoms with van der Waals surface area (Å²) in [6.07, 6.45) is 2.53. The number of hydrogen-bond acceptors (Lipinski definition) is 4. The highest BCUT2D eigenvalue weighted by molar-refractivity contribution is 5.47. The summed E-state index contributed by atoms with van der Waals surface area (Å²) in [4.78, 5) is 4.61. The second-order valence-corrected chi connectivity index (χ2v) is 4.96. The van der Waals surface area contributed by atoms with Crippen LogP contribution in [0.25, 0.3) is 5.65 Å². The van der Waals surface area contributed by atoms with E-state index in [0.717, 1.165) is 22.6 Å². The molecule has 114 valence electrons. The lowest BCUT2D eigenvalue weighted by molar-refractivity contribution is 0.274. The summed E-state index contributed by atoms with van der Waals surface area (Å²) < 4.78 is 12.5. The SMILES string of the molecule is COc1ccc(Cc2nc3ccccn3c2CO)cc1OC. The van der Waals surface area contributed by atoms with Gasteiger partial charge in [-0.15, -0.1) is 0 Å². The maximum atomic E-state index is 9.66. The molecule has 0 atom stereocenters. The normalized spacial score (nSPS) is 10.9. The largest absolute Gasteiger partial charge is 0.493 e. The van der Waals surface area contributed by atoms with E-state index in [4.69, 9.17) is 9.47 Å². The monoisotopic (exact) mass is 298 g/mol. The van der Waals surface area contributed by atoms with Gasteiger partial charge < -0.3 is 19.0 Å². The number of ether oxygens (including phenoxy) is 2. The molecule has 0 saturated heterocycles. The Labute approximate surface area is 128 Å². The highest BCUT2D eigenvalue weighted by atomic mass is 16.5. The Bertz CT molecular complexity index is 796. The van der Waals surface area contributed by atoms with Crippen LogP contribution in [0.15, 0.2) is 42.6 Å². The summed E-state index contributed by atoms with van der Waals surface area (Å²) in [5.41, 5.74) is 3.56. The third-order valence-electron chi connectivity index (χ3n) is 3.68. The van der Waals surface area contributed by atoms with Crippen molar-refractivity contribution < 1.29 is 14.6 Å². The summed E-state index contributed by atoms with van der Waals surface area (Å²) in [5.74, 6) is 1.39. The number of pyridine rings is 1. The fraction of sp³-hybridized carbons (Fsp3) is 0.235. The van der Waals surface area contributed by atoms with Crippen molar-refractivity contribution in [2.24, 2.45) is 0 Å². The highest BCUT2D eigenvalue weighted by Gasteiger charge is 2.13. The molecule has 0 unspecified atom stereocenters. The molecule has 0 bridgehead atoms. The topological polar surface area (TPSA) is 56.0 Å². The van der Waals surface area contributed by atoms with Gasteiger partial charge in [0.2, 0.25) is 0 Å². The molecule has 22 heavy (non-hydrogen) atoms. The first-order valence-electron chi connectivity index (χ1n) is 7.03. The van der Waals surface area contributed by atoms with E-state index >= 15 is 0 Å². The predicted molar refractivity (Wildman–Crippen MR) is 83.5 cm³/mol. The van der Waals surface area contributed by atoms with Crippen molar-refractivity contribution in [2.75, 3.05) is 14.2 Å². The average molecular weight is 298 g/mol. The number of fused-ring (bicyclic) bond motifs is 1. The summed E-state index contributed by atoms with van der Waals surface area (Å²) >= 11 is 0. The third-order valence-corrected chi connectivity index (χ3v) is 3.68. The first-order valence-corrected chi connectivity index (χ1v) is 7.03. The Morgan fingerprint density at radius 2 is 1.91 bits per heavy atom. The Morgan fingerprint density at radius 3 is 2.64 bits per heavy atom. The number of benzene rings is 1. The fourth-order valence-corrected chi connectivity index (χ4v) is 2.59. The van der Waals surface area contributed by atoms with E-state index in [1.165, 1.54) is 0 Å². The minimum atomic E-state index is -0.0478. The van der Waals surface area contributed by atoms with Crippen LogP contribution < -0.4 is 9.47 Å². The van der Waals surface area contributed by atoms with E-state index in [0.29, 0.717) is 17.9 Å². The molecular formula is C17H18N2O3. The smallest absolute Gasteiger partial charge is 0.160 e. The van der Waals surface area contributed by atoms with E-state index in [2.05, 4.69) is 4.98 Å². The van der Waals surface area contributed by atoms with E-state index in [-0.39, 0.29) is 6.61 Å². The Morgan fingerprint density at radius 1 is 1.09 bits per heavy atom. The molecule has 0 saturated carbocycles. The molecule has 5 nitrogen and oxygen atoms in total. The van der Waals surface area contributed by atoms with Gasteiger partial charge >= 0.3 is 0 Å². The summed E-state index contributed by atoms with van der Waals surface area (Å²) in [7, 11) is 3.23. The van der Waals surface area contributed by atoms with Crippen LogP contribution in [0.5, 0.6) is 11.5 Å². The molecular weight excluding hydrogens is 280 g/mol. The van der Waals surface area contributed by atoms with E-state index < -0.39 is 0 Å². The minimum Gasteiger partial charge on any atom is -0.493 e. The van der Waals surface area contributed by atoms with Gasteiger partial charge in [-0.05, 0) is 29.8 Å². The van der Waals surface area contributed by atoms with Gasteiger partial charge in [0.15, 0.2) is 11.5 Å². The van der Waals surface area contributed by atoms with Crippen molar-refractivity contribution in [3.05, 3.63) is 59.5 Å². The Hall–Kier alpha value is -2.53. The van der Waals surface area contributed by atoms with Crippen LogP contribution in [-0.4, -0.2) is 28.7 Å². The number of hydrogen-bond donors (Lipinski definition) is 1. The van der Waals surface area contributed by atoms with E-state index in [1.54, 1.807) is 14.2 Å². The number of rotatable bonds is 5. The van der Waals surface area contributed by atoms with Crippen LogP contribution in [0.3, 0.4) is 0 Å². The van der Waals surface area contributed by atoms with Gasteiger partial charge in [0.25, 0.3) is 0 Å². The maximum Gasteiger partial charge on any atom is 0.160 e. The highest BCUT2D eigenvalue weighted by Crippen LogP contribution is 2.29. The lowest BCUT2D eigenvalue weighted by Crippen LogP contribution is -1.98. The van der Waals surface area contributed by atoms with Crippen LogP contribution in [0, 0.1) is 0 Å². The number of nitrogens with zero attached hydrogens (tertiary/aromatic N) is 2. The van der Waals surface area contributed by atoms with Gasteiger partial charge in [0.05, 0.1) is 32.2 Å². The zero-order valence-corrected chi connectivity index (χ0v) is 12.6. The summed E-state index contributed by atoms with van der Waals surface area (Å²) in [6.45, 7) is -0.0478. The van der Waals surface area contributed by atoms with Crippen molar-refractivity contribution >= 4 is 5.65 Å². The van der Waals surface area contributed by atoms with Gasteiger partial charge in [0, 0.05) is 12.6 Å². The molecule has 3 rings (SSSR count). The van der Waals surface area contributed by atoms with Gasteiger partial charge in [-0.2, -0.15) is 0 Å². The molecule has 2 aromatic heterocycles. The fourth-order valence-electron chi connectivity index (χ4n) is 2.59. The second kappa shape index (κ2) is 6.07. The molecule has 0 fully saturated rings. The molecule has 0 aliphatic carbocycles. The molecule has 0 radical (unpaired) electrons. The standard InChI is InChI=1S/C17H18N2O3/c1-21-15-7-6-12(10-16(15)22-2)9-13-14(11-20)19-8-4-3-5-17(19)18-13/h3-8,10,20H,9,11H2,1-2H3. The van der Waals surface area contributed by atoms with Crippen LogP contribution in [0.2, 0.25) is 0 Å². The van der Waals surface area contributed by atoms with Crippen LogP contribution in [-0.2, 0) is 13.0 Å². The van der Waals surface area contributed by atoms with Crippen molar-refractivity contribution in [3.63, 3.8) is 0 Å². The van der Waals surface area contributed by atoms with Gasteiger partial charge in [-0.25, -0.2) is 4.98 Å². The van der Waals surface area contributed by atoms with Gasteiger partial charge in [0.1, 0.15) is 5.65 Å². The molecule has 0 aliphatic heterocycles. The van der Waals surface area contributed by atoms with Crippen molar-refractivity contribution in [1.82, 2.24) is 9.38 Å². The molecule has 2 heterocycles. The Kier molecular flexibility index (Phi) is 3.98.